The van der Waals surface area contributed by atoms with Gasteiger partial charge in [0.15, 0.2) is 0 Å². The largest absolute Gasteiger partial charge is 0.490 e. The van der Waals surface area contributed by atoms with E-state index in [0.29, 0.717) is 11.7 Å². The first-order valence-corrected chi connectivity index (χ1v) is 7.47. The van der Waals surface area contributed by atoms with Gasteiger partial charge in [0.05, 0.1) is 6.10 Å². The Morgan fingerprint density at radius 2 is 1.75 bits per heavy atom. The van der Waals surface area contributed by atoms with Crippen LogP contribution in [0, 0.1) is 11.8 Å². The Bertz CT molecular complexity index is 676. The lowest BCUT2D eigenvalue weighted by molar-refractivity contribution is 0.119. The fraction of sp³-hybridized carbons (Fsp3) is 0.471. The Hall–Kier alpha value is -1.77. The van der Waals surface area contributed by atoms with Crippen LogP contribution in [0.5, 0.6) is 5.75 Å². The van der Waals surface area contributed by atoms with Crippen molar-refractivity contribution in [1.29, 1.82) is 0 Å². The van der Waals surface area contributed by atoms with Crippen LogP contribution in [0.1, 0.15) is 32.1 Å². The van der Waals surface area contributed by atoms with E-state index >= 15 is 0 Å². The molecule has 0 radical (unpaired) electrons. The maximum atomic E-state index is 11.3. The average Bonchev–Trinajstić information content (AvgIpc) is 2.77. The summed E-state index contributed by atoms with van der Waals surface area (Å²) in [4.78, 5) is 11.3. The maximum Gasteiger partial charge on any atom is 0.336 e. The molecule has 2 fully saturated rings. The summed E-state index contributed by atoms with van der Waals surface area (Å²) < 4.78 is 11.3. The minimum atomic E-state index is -0.314. The molecule has 3 atom stereocenters. The molecule has 104 valence electrons. The highest BCUT2D eigenvalue weighted by atomic mass is 16.5. The van der Waals surface area contributed by atoms with Crippen molar-refractivity contribution in [3.8, 4) is 5.75 Å². The van der Waals surface area contributed by atoms with Crippen LogP contribution < -0.4 is 10.4 Å². The van der Waals surface area contributed by atoms with Gasteiger partial charge in [-0.25, -0.2) is 4.79 Å². The number of rotatable bonds is 2. The molecule has 2 bridgehead atoms. The molecule has 1 aromatic heterocycles. The van der Waals surface area contributed by atoms with Gasteiger partial charge in [-0.05, 0) is 49.3 Å². The second kappa shape index (κ2) is 4.65. The van der Waals surface area contributed by atoms with E-state index in [0.717, 1.165) is 23.0 Å². The number of hydrogen-bond donors (Lipinski definition) is 0. The van der Waals surface area contributed by atoms with Crippen molar-refractivity contribution < 1.29 is 9.15 Å². The van der Waals surface area contributed by atoms with E-state index in [1.54, 1.807) is 6.07 Å². The van der Waals surface area contributed by atoms with Gasteiger partial charge in [0, 0.05) is 17.5 Å². The lowest BCUT2D eigenvalue weighted by Crippen LogP contribution is -2.25. The van der Waals surface area contributed by atoms with Gasteiger partial charge in [-0.15, -0.1) is 0 Å². The predicted octanol–water partition coefficient (Wildman–Crippen LogP) is 3.75. The standard InChI is InChI=1S/C17H18O3/c18-17-6-4-13-3-5-14(10-16(13)20-17)19-15-8-11-1-2-12(7-11)9-15/h3-6,10-12,15H,1-2,7-9H2/t11-,12+,15?. The molecule has 1 unspecified atom stereocenters. The third-order valence-electron chi connectivity index (χ3n) is 4.74. The molecular weight excluding hydrogens is 252 g/mol. The van der Waals surface area contributed by atoms with Gasteiger partial charge in [-0.3, -0.25) is 0 Å². The van der Waals surface area contributed by atoms with E-state index in [-0.39, 0.29) is 5.63 Å². The van der Waals surface area contributed by atoms with Gasteiger partial charge >= 0.3 is 5.63 Å². The van der Waals surface area contributed by atoms with Crippen LogP contribution in [0.4, 0.5) is 0 Å². The summed E-state index contributed by atoms with van der Waals surface area (Å²) in [6, 6.07) is 8.99. The van der Waals surface area contributed by atoms with Crippen molar-refractivity contribution in [2.75, 3.05) is 0 Å². The molecule has 1 aromatic carbocycles. The molecule has 20 heavy (non-hydrogen) atoms. The fourth-order valence-electron chi connectivity index (χ4n) is 3.85. The molecule has 0 aliphatic heterocycles. The van der Waals surface area contributed by atoms with Crippen molar-refractivity contribution in [3.05, 3.63) is 40.8 Å². The summed E-state index contributed by atoms with van der Waals surface area (Å²) in [7, 11) is 0. The van der Waals surface area contributed by atoms with E-state index in [1.807, 2.05) is 18.2 Å². The van der Waals surface area contributed by atoms with Crippen LogP contribution in [-0.2, 0) is 0 Å². The van der Waals surface area contributed by atoms with Gasteiger partial charge in [-0.1, -0.05) is 12.8 Å². The zero-order valence-corrected chi connectivity index (χ0v) is 11.4. The third-order valence-corrected chi connectivity index (χ3v) is 4.74. The fourth-order valence-corrected chi connectivity index (χ4v) is 3.85. The van der Waals surface area contributed by atoms with Crippen molar-refractivity contribution in [2.45, 2.75) is 38.2 Å². The van der Waals surface area contributed by atoms with Crippen LogP contribution in [0.2, 0.25) is 0 Å². The van der Waals surface area contributed by atoms with Crippen LogP contribution in [0.15, 0.2) is 39.5 Å². The quantitative estimate of drug-likeness (QED) is 0.780. The van der Waals surface area contributed by atoms with E-state index in [1.165, 1.54) is 38.2 Å². The highest BCUT2D eigenvalue weighted by Crippen LogP contribution is 2.43. The highest BCUT2D eigenvalue weighted by Gasteiger charge is 2.35. The van der Waals surface area contributed by atoms with E-state index in [4.69, 9.17) is 9.15 Å². The van der Waals surface area contributed by atoms with E-state index in [9.17, 15) is 4.79 Å². The van der Waals surface area contributed by atoms with Crippen molar-refractivity contribution in [2.24, 2.45) is 11.8 Å². The minimum absolute atomic E-state index is 0.314. The summed E-state index contributed by atoms with van der Waals surface area (Å²) >= 11 is 0. The van der Waals surface area contributed by atoms with Crippen LogP contribution in [-0.4, -0.2) is 6.10 Å². The molecule has 2 aromatic rings. The van der Waals surface area contributed by atoms with Crippen LogP contribution in [0.3, 0.4) is 0 Å². The highest BCUT2D eigenvalue weighted by molar-refractivity contribution is 5.77. The molecule has 0 amide bonds. The molecule has 0 spiro atoms. The Balaban J connectivity index is 1.57. The zero-order chi connectivity index (χ0) is 13.5. The predicted molar refractivity (Wildman–Crippen MR) is 77.0 cm³/mol. The summed E-state index contributed by atoms with van der Waals surface area (Å²) in [5.74, 6) is 2.53. The topological polar surface area (TPSA) is 39.4 Å². The number of ether oxygens (including phenoxy) is 1. The maximum absolute atomic E-state index is 11.3. The zero-order valence-electron chi connectivity index (χ0n) is 11.4. The van der Waals surface area contributed by atoms with Gasteiger partial charge in [0.1, 0.15) is 11.3 Å². The molecule has 0 N–H and O–H groups in total. The molecule has 1 heterocycles. The summed E-state index contributed by atoms with van der Waals surface area (Å²) in [5, 5.41) is 0.931. The first-order chi connectivity index (χ1) is 9.76. The van der Waals surface area contributed by atoms with Gasteiger partial charge in [0.25, 0.3) is 0 Å². The first-order valence-electron chi connectivity index (χ1n) is 7.47. The van der Waals surface area contributed by atoms with E-state index in [2.05, 4.69) is 0 Å². The third kappa shape index (κ3) is 2.21. The molecule has 0 saturated heterocycles. The molecule has 2 aliphatic carbocycles. The SMILES string of the molecule is O=c1ccc2ccc(OC3C[C@H]4CC[C@@H](C3)C4)cc2o1. The van der Waals surface area contributed by atoms with Gasteiger partial charge in [-0.2, -0.15) is 0 Å². The lowest BCUT2D eigenvalue weighted by atomic mass is 9.87. The van der Waals surface area contributed by atoms with E-state index < -0.39 is 0 Å². The monoisotopic (exact) mass is 270 g/mol. The Labute approximate surface area is 117 Å². The molecule has 4 rings (SSSR count). The Kier molecular flexibility index (Phi) is 2.79. The Morgan fingerprint density at radius 1 is 1.00 bits per heavy atom. The van der Waals surface area contributed by atoms with Gasteiger partial charge in [0.2, 0.25) is 0 Å². The van der Waals surface area contributed by atoms with Crippen LogP contribution >= 0.6 is 0 Å². The first kappa shape index (κ1) is 12.0. The molecule has 2 saturated carbocycles. The Morgan fingerprint density at radius 3 is 2.55 bits per heavy atom. The minimum Gasteiger partial charge on any atom is -0.490 e. The summed E-state index contributed by atoms with van der Waals surface area (Å²) in [6.07, 6.45) is 6.82. The average molecular weight is 270 g/mol. The second-order valence-corrected chi connectivity index (χ2v) is 6.21. The number of fused-ring (bicyclic) bond motifs is 3. The molecule has 3 heteroatoms. The molecule has 3 nitrogen and oxygen atoms in total. The number of hydrogen-bond acceptors (Lipinski definition) is 3. The van der Waals surface area contributed by atoms with Crippen LogP contribution in [0.25, 0.3) is 11.0 Å². The lowest BCUT2D eigenvalue weighted by Gasteiger charge is -2.28. The smallest absolute Gasteiger partial charge is 0.336 e. The summed E-state index contributed by atoms with van der Waals surface area (Å²) in [5.41, 5.74) is 0.291. The molecule has 2 aliphatic rings. The number of benzene rings is 1. The van der Waals surface area contributed by atoms with Gasteiger partial charge < -0.3 is 9.15 Å². The van der Waals surface area contributed by atoms with Crippen molar-refractivity contribution >= 4 is 11.0 Å². The van der Waals surface area contributed by atoms with Crippen molar-refractivity contribution in [3.63, 3.8) is 0 Å². The molecular formula is C17H18O3. The summed E-state index contributed by atoms with van der Waals surface area (Å²) in [6.45, 7) is 0. The second-order valence-electron chi connectivity index (χ2n) is 6.21. The van der Waals surface area contributed by atoms with Crippen molar-refractivity contribution in [1.82, 2.24) is 0 Å². The normalized spacial score (nSPS) is 28.7.